The zero-order valence-corrected chi connectivity index (χ0v) is 13.3. The predicted molar refractivity (Wildman–Crippen MR) is 85.2 cm³/mol. The number of hydrogen-bond donors (Lipinski definition) is 2. The van der Waals surface area contributed by atoms with E-state index in [1.54, 1.807) is 20.3 Å². The van der Waals surface area contributed by atoms with Crippen molar-refractivity contribution in [2.75, 3.05) is 27.4 Å². The number of carbonyl (C=O) groups excluding carboxylic acids is 1. The molecule has 1 amide bonds. The van der Waals surface area contributed by atoms with E-state index in [4.69, 9.17) is 9.47 Å². The van der Waals surface area contributed by atoms with Crippen LogP contribution in [0.2, 0.25) is 0 Å². The molecule has 2 rings (SSSR count). The summed E-state index contributed by atoms with van der Waals surface area (Å²) in [5.41, 5.74) is 2.37. The maximum Gasteiger partial charge on any atom is 0.248 e. The van der Waals surface area contributed by atoms with Crippen molar-refractivity contribution in [2.45, 2.75) is 12.4 Å². The number of carbonyl (C=O) groups is 1. The molecule has 1 aromatic carbocycles. The van der Waals surface area contributed by atoms with Gasteiger partial charge < -0.3 is 19.7 Å². The average Bonchev–Trinajstić information content (AvgIpc) is 2.45. The van der Waals surface area contributed by atoms with Gasteiger partial charge in [0.15, 0.2) is 0 Å². The van der Waals surface area contributed by atoms with Crippen LogP contribution in [-0.4, -0.2) is 43.7 Å². The molecule has 0 radical (unpaired) electrons. The summed E-state index contributed by atoms with van der Waals surface area (Å²) in [6, 6.07) is 5.88. The van der Waals surface area contributed by atoms with Crippen LogP contribution >= 0.6 is 12.6 Å². The minimum Gasteiger partial charge on any atom is -0.496 e. The minimum atomic E-state index is -0.391. The maximum absolute atomic E-state index is 11.8. The number of nitrogens with one attached hydrogen (secondary N) is 1. The SMILES string of the molecule is COCCN1C(c2cc(C)ccc2OC)=CC(=O)NC1S. The van der Waals surface area contributed by atoms with Crippen LogP contribution in [0.1, 0.15) is 11.1 Å². The second-order valence-electron chi connectivity index (χ2n) is 4.80. The summed E-state index contributed by atoms with van der Waals surface area (Å²) in [4.78, 5) is 13.8. The van der Waals surface area contributed by atoms with Crippen molar-refractivity contribution < 1.29 is 14.3 Å². The standard InChI is InChI=1S/C15H20N2O3S/c1-10-4-5-13(20-3)11(8-10)12-9-14(18)16-15(21)17(12)6-7-19-2/h4-5,8-9,15,21H,6-7H2,1-3H3,(H,16,18). The third-order valence-electron chi connectivity index (χ3n) is 3.31. The van der Waals surface area contributed by atoms with E-state index in [0.717, 1.165) is 22.6 Å². The van der Waals surface area contributed by atoms with E-state index in [1.165, 1.54) is 0 Å². The van der Waals surface area contributed by atoms with Crippen molar-refractivity contribution >= 4 is 24.2 Å². The average molecular weight is 308 g/mol. The third kappa shape index (κ3) is 3.51. The van der Waals surface area contributed by atoms with Crippen molar-refractivity contribution in [1.82, 2.24) is 10.2 Å². The second-order valence-corrected chi connectivity index (χ2v) is 5.29. The lowest BCUT2D eigenvalue weighted by atomic mass is 10.0. The minimum absolute atomic E-state index is 0.165. The molecule has 21 heavy (non-hydrogen) atoms. The van der Waals surface area contributed by atoms with Gasteiger partial charge in [-0.15, -0.1) is 12.6 Å². The summed E-state index contributed by atoms with van der Waals surface area (Å²) in [7, 11) is 3.27. The highest BCUT2D eigenvalue weighted by atomic mass is 32.1. The number of methoxy groups -OCH3 is 2. The highest BCUT2D eigenvalue weighted by molar-refractivity contribution is 7.80. The molecule has 1 heterocycles. The van der Waals surface area contributed by atoms with E-state index in [-0.39, 0.29) is 5.91 Å². The molecule has 1 atom stereocenters. The summed E-state index contributed by atoms with van der Waals surface area (Å²) < 4.78 is 10.6. The topological polar surface area (TPSA) is 50.8 Å². The van der Waals surface area contributed by atoms with Crippen molar-refractivity contribution in [3.05, 3.63) is 35.4 Å². The van der Waals surface area contributed by atoms with Crippen LogP contribution in [0.15, 0.2) is 24.3 Å². The van der Waals surface area contributed by atoms with Gasteiger partial charge in [-0.1, -0.05) is 11.6 Å². The van der Waals surface area contributed by atoms with E-state index >= 15 is 0 Å². The fraction of sp³-hybridized carbons (Fsp3) is 0.400. The summed E-state index contributed by atoms with van der Waals surface area (Å²) in [5, 5.41) is 2.77. The van der Waals surface area contributed by atoms with Crippen LogP contribution < -0.4 is 10.1 Å². The quantitative estimate of drug-likeness (QED) is 0.812. The molecule has 5 nitrogen and oxygen atoms in total. The van der Waals surface area contributed by atoms with Crippen LogP contribution in [0.3, 0.4) is 0 Å². The lowest BCUT2D eigenvalue weighted by Gasteiger charge is -2.36. The Bertz CT molecular complexity index is 560. The first-order valence-electron chi connectivity index (χ1n) is 6.67. The Morgan fingerprint density at radius 3 is 2.81 bits per heavy atom. The van der Waals surface area contributed by atoms with Crippen LogP contribution in [0.25, 0.3) is 5.70 Å². The fourth-order valence-corrected chi connectivity index (χ4v) is 2.64. The number of thiol groups is 1. The van der Waals surface area contributed by atoms with Crippen molar-refractivity contribution in [2.24, 2.45) is 0 Å². The predicted octanol–water partition coefficient (Wildman–Crippen LogP) is 1.64. The summed E-state index contributed by atoms with van der Waals surface area (Å²) in [5.74, 6) is 0.562. The van der Waals surface area contributed by atoms with Gasteiger partial charge >= 0.3 is 0 Å². The molecule has 114 valence electrons. The molecule has 0 saturated heterocycles. The van der Waals surface area contributed by atoms with E-state index < -0.39 is 5.50 Å². The smallest absolute Gasteiger partial charge is 0.248 e. The lowest BCUT2D eigenvalue weighted by molar-refractivity contribution is -0.117. The summed E-state index contributed by atoms with van der Waals surface area (Å²) in [6.07, 6.45) is 1.57. The monoisotopic (exact) mass is 308 g/mol. The lowest BCUT2D eigenvalue weighted by Crippen LogP contribution is -2.48. The number of ether oxygens (including phenoxy) is 2. The van der Waals surface area contributed by atoms with Crippen molar-refractivity contribution in [1.29, 1.82) is 0 Å². The number of amides is 1. The highest BCUT2D eigenvalue weighted by Gasteiger charge is 2.27. The first kappa shape index (κ1) is 15.7. The molecule has 1 aromatic rings. The number of benzene rings is 1. The van der Waals surface area contributed by atoms with Crippen LogP contribution in [0.4, 0.5) is 0 Å². The molecule has 0 aliphatic carbocycles. The van der Waals surface area contributed by atoms with Crippen LogP contribution in [-0.2, 0) is 9.53 Å². The largest absolute Gasteiger partial charge is 0.496 e. The van der Waals surface area contributed by atoms with Gasteiger partial charge in [0.05, 0.1) is 19.4 Å². The number of hydrogen-bond acceptors (Lipinski definition) is 5. The summed E-state index contributed by atoms with van der Waals surface area (Å²) in [6.45, 7) is 3.16. The molecule has 0 bridgehead atoms. The molecule has 1 unspecified atom stereocenters. The Kier molecular flexibility index (Phi) is 5.14. The van der Waals surface area contributed by atoms with Gasteiger partial charge in [-0.05, 0) is 19.1 Å². The van der Waals surface area contributed by atoms with Crippen molar-refractivity contribution in [3.8, 4) is 5.75 Å². The Balaban J connectivity index is 2.46. The molecule has 0 aromatic heterocycles. The Labute approximate surface area is 130 Å². The maximum atomic E-state index is 11.8. The van der Waals surface area contributed by atoms with E-state index in [0.29, 0.717) is 13.2 Å². The molecule has 1 N–H and O–H groups in total. The molecular formula is C15H20N2O3S. The molecule has 6 heteroatoms. The Morgan fingerprint density at radius 1 is 1.38 bits per heavy atom. The Hall–Kier alpha value is -1.66. The Morgan fingerprint density at radius 2 is 2.14 bits per heavy atom. The van der Waals surface area contributed by atoms with Gasteiger partial charge in [-0.3, -0.25) is 4.79 Å². The second kappa shape index (κ2) is 6.87. The molecule has 1 aliphatic rings. The van der Waals surface area contributed by atoms with Gasteiger partial charge in [0.25, 0.3) is 0 Å². The van der Waals surface area contributed by atoms with E-state index in [2.05, 4.69) is 17.9 Å². The highest BCUT2D eigenvalue weighted by Crippen LogP contribution is 2.32. The molecule has 0 saturated carbocycles. The first-order chi connectivity index (χ1) is 10.1. The molecule has 0 fully saturated rings. The van der Waals surface area contributed by atoms with Crippen molar-refractivity contribution in [3.63, 3.8) is 0 Å². The number of nitrogens with zero attached hydrogens (tertiary/aromatic N) is 1. The van der Waals surface area contributed by atoms with Gasteiger partial charge in [-0.2, -0.15) is 0 Å². The third-order valence-corrected chi connectivity index (χ3v) is 3.72. The zero-order chi connectivity index (χ0) is 15.4. The first-order valence-corrected chi connectivity index (χ1v) is 7.19. The number of aryl methyl sites for hydroxylation is 1. The van der Waals surface area contributed by atoms with Gasteiger partial charge in [0.2, 0.25) is 5.91 Å². The molecule has 1 aliphatic heterocycles. The summed E-state index contributed by atoms with van der Waals surface area (Å²) >= 11 is 4.44. The van der Waals surface area contributed by atoms with Crippen LogP contribution in [0, 0.1) is 6.92 Å². The zero-order valence-electron chi connectivity index (χ0n) is 12.4. The van der Waals surface area contributed by atoms with Gasteiger partial charge in [0.1, 0.15) is 11.2 Å². The van der Waals surface area contributed by atoms with Gasteiger partial charge in [0, 0.05) is 25.3 Å². The number of rotatable bonds is 5. The van der Waals surface area contributed by atoms with E-state index in [9.17, 15) is 4.79 Å². The van der Waals surface area contributed by atoms with E-state index in [1.807, 2.05) is 30.0 Å². The normalized spacial score (nSPS) is 18.3. The molecular weight excluding hydrogens is 288 g/mol. The van der Waals surface area contributed by atoms with Gasteiger partial charge in [-0.25, -0.2) is 0 Å². The fourth-order valence-electron chi connectivity index (χ4n) is 2.27. The van der Waals surface area contributed by atoms with Crippen LogP contribution in [0.5, 0.6) is 5.75 Å². The molecule has 0 spiro atoms.